The maximum absolute atomic E-state index is 12.4. The molecule has 118 valence electrons. The molecule has 3 rings (SSSR count). The Hall–Kier alpha value is -2.82. The average Bonchev–Trinajstić information content (AvgIpc) is 2.55. The topological polar surface area (TPSA) is 60.9 Å². The molecule has 1 N–H and O–H groups in total. The van der Waals surface area contributed by atoms with E-state index in [9.17, 15) is 14.7 Å². The Bertz CT molecular complexity index is 841. The quantitative estimate of drug-likeness (QED) is 0.926. The van der Waals surface area contributed by atoms with Gasteiger partial charge in [0.1, 0.15) is 0 Å². The monoisotopic (exact) mass is 310 g/mol. The number of carboxylic acid groups (broad SMARTS) is 1. The minimum atomic E-state index is -1.01. The standard InChI is InChI=1S/C18H18N2O3/c1-11-15(17(21)22)16(20(3)18(23)19(11)2)14-9-8-12-6-4-5-7-13(12)10-14/h4-10,16H,1-3H3,(H,21,22)/t16-/m0/s1. The third-order valence-corrected chi connectivity index (χ3v) is 4.46. The number of likely N-dealkylation sites (N-methyl/N-ethyl adjacent to an activating group) is 1. The predicted molar refractivity (Wildman–Crippen MR) is 87.9 cm³/mol. The van der Waals surface area contributed by atoms with Gasteiger partial charge in [0.05, 0.1) is 11.6 Å². The van der Waals surface area contributed by atoms with Crippen LogP contribution in [0.25, 0.3) is 10.8 Å². The fourth-order valence-corrected chi connectivity index (χ4v) is 3.10. The van der Waals surface area contributed by atoms with Gasteiger partial charge >= 0.3 is 12.0 Å². The van der Waals surface area contributed by atoms with E-state index in [2.05, 4.69) is 0 Å². The van der Waals surface area contributed by atoms with Crippen molar-refractivity contribution < 1.29 is 14.7 Å². The van der Waals surface area contributed by atoms with Crippen LogP contribution in [0.4, 0.5) is 4.79 Å². The zero-order valence-corrected chi connectivity index (χ0v) is 13.3. The molecular weight excluding hydrogens is 292 g/mol. The van der Waals surface area contributed by atoms with Gasteiger partial charge < -0.3 is 14.9 Å². The van der Waals surface area contributed by atoms with Crippen LogP contribution in [0.15, 0.2) is 53.7 Å². The van der Waals surface area contributed by atoms with Gasteiger partial charge in [-0.15, -0.1) is 0 Å². The fourth-order valence-electron chi connectivity index (χ4n) is 3.10. The summed E-state index contributed by atoms with van der Waals surface area (Å²) in [4.78, 5) is 27.0. The molecule has 0 unspecified atom stereocenters. The van der Waals surface area contributed by atoms with E-state index in [1.807, 2.05) is 42.5 Å². The number of fused-ring (bicyclic) bond motifs is 1. The second-order valence-corrected chi connectivity index (χ2v) is 5.77. The number of benzene rings is 2. The lowest BCUT2D eigenvalue weighted by molar-refractivity contribution is -0.133. The summed E-state index contributed by atoms with van der Waals surface area (Å²) in [6.45, 7) is 1.67. The first-order valence-corrected chi connectivity index (χ1v) is 7.35. The van der Waals surface area contributed by atoms with Crippen LogP contribution in [0.3, 0.4) is 0 Å². The van der Waals surface area contributed by atoms with Crippen LogP contribution in [-0.4, -0.2) is 41.0 Å². The van der Waals surface area contributed by atoms with Crippen molar-refractivity contribution in [1.29, 1.82) is 0 Å². The molecule has 0 aromatic heterocycles. The molecule has 2 amide bonds. The predicted octanol–water partition coefficient (Wildman–Crippen LogP) is 3.24. The molecule has 5 nitrogen and oxygen atoms in total. The summed E-state index contributed by atoms with van der Waals surface area (Å²) in [7, 11) is 3.22. The maximum Gasteiger partial charge on any atom is 0.335 e. The van der Waals surface area contributed by atoms with E-state index in [0.29, 0.717) is 5.70 Å². The largest absolute Gasteiger partial charge is 0.478 e. The van der Waals surface area contributed by atoms with Gasteiger partial charge in [0.2, 0.25) is 0 Å². The normalized spacial score (nSPS) is 18.7. The number of amides is 2. The van der Waals surface area contributed by atoms with Gasteiger partial charge in [0, 0.05) is 19.8 Å². The van der Waals surface area contributed by atoms with Crippen molar-refractivity contribution >= 4 is 22.8 Å². The number of carbonyl (C=O) groups is 2. The molecule has 0 fully saturated rings. The van der Waals surface area contributed by atoms with Crippen molar-refractivity contribution in [2.75, 3.05) is 14.1 Å². The summed E-state index contributed by atoms with van der Waals surface area (Å²) in [6.07, 6.45) is 0. The number of urea groups is 1. The number of nitrogens with zero attached hydrogens (tertiary/aromatic N) is 2. The molecule has 1 heterocycles. The number of hydrogen-bond donors (Lipinski definition) is 1. The van der Waals surface area contributed by atoms with Crippen molar-refractivity contribution in [2.24, 2.45) is 0 Å². The minimum Gasteiger partial charge on any atom is -0.478 e. The second-order valence-electron chi connectivity index (χ2n) is 5.77. The lowest BCUT2D eigenvalue weighted by Crippen LogP contribution is -2.47. The third kappa shape index (κ3) is 2.34. The van der Waals surface area contributed by atoms with Gasteiger partial charge in [-0.3, -0.25) is 0 Å². The molecule has 1 atom stereocenters. The number of rotatable bonds is 2. The molecule has 0 bridgehead atoms. The van der Waals surface area contributed by atoms with Crippen LogP contribution in [0.5, 0.6) is 0 Å². The summed E-state index contributed by atoms with van der Waals surface area (Å²) in [6, 6.07) is 12.9. The van der Waals surface area contributed by atoms with Crippen molar-refractivity contribution in [3.63, 3.8) is 0 Å². The second kappa shape index (κ2) is 5.43. The smallest absolute Gasteiger partial charge is 0.335 e. The SMILES string of the molecule is CC1=C(C(=O)O)[C@H](c2ccc3ccccc3c2)N(C)C(=O)N1C. The molecule has 0 aliphatic carbocycles. The van der Waals surface area contributed by atoms with E-state index in [-0.39, 0.29) is 11.6 Å². The zero-order valence-electron chi connectivity index (χ0n) is 13.3. The molecule has 23 heavy (non-hydrogen) atoms. The lowest BCUT2D eigenvalue weighted by atomic mass is 9.92. The Balaban J connectivity index is 2.20. The van der Waals surface area contributed by atoms with Crippen molar-refractivity contribution in [2.45, 2.75) is 13.0 Å². The molecule has 2 aromatic rings. The molecular formula is C18H18N2O3. The summed E-state index contributed by atoms with van der Waals surface area (Å²) in [5.41, 5.74) is 1.49. The first-order chi connectivity index (χ1) is 10.9. The summed E-state index contributed by atoms with van der Waals surface area (Å²) >= 11 is 0. The molecule has 5 heteroatoms. The number of carbonyl (C=O) groups excluding carboxylic acids is 1. The van der Waals surface area contributed by atoms with Crippen LogP contribution in [0, 0.1) is 0 Å². The van der Waals surface area contributed by atoms with Crippen LogP contribution in [0.1, 0.15) is 18.5 Å². The van der Waals surface area contributed by atoms with Crippen molar-refractivity contribution in [3.05, 3.63) is 59.3 Å². The molecule has 0 saturated heterocycles. The number of hydrogen-bond acceptors (Lipinski definition) is 2. The van der Waals surface area contributed by atoms with E-state index in [1.54, 1.807) is 21.0 Å². The van der Waals surface area contributed by atoms with Gasteiger partial charge in [0.15, 0.2) is 0 Å². The van der Waals surface area contributed by atoms with Gasteiger partial charge in [-0.2, -0.15) is 0 Å². The fraction of sp³-hybridized carbons (Fsp3) is 0.222. The van der Waals surface area contributed by atoms with Gasteiger partial charge in [-0.05, 0) is 29.3 Å². The minimum absolute atomic E-state index is 0.217. The Morgan fingerprint density at radius 1 is 1.09 bits per heavy atom. The number of aliphatic carboxylic acids is 1. The highest BCUT2D eigenvalue weighted by Gasteiger charge is 2.38. The Labute approximate surface area is 134 Å². The van der Waals surface area contributed by atoms with Crippen LogP contribution in [0.2, 0.25) is 0 Å². The summed E-state index contributed by atoms with van der Waals surface area (Å²) in [5.74, 6) is -1.01. The maximum atomic E-state index is 12.4. The summed E-state index contributed by atoms with van der Waals surface area (Å²) < 4.78 is 0. The zero-order chi connectivity index (χ0) is 16.7. The average molecular weight is 310 g/mol. The number of allylic oxidation sites excluding steroid dienone is 1. The van der Waals surface area contributed by atoms with Crippen molar-refractivity contribution in [3.8, 4) is 0 Å². The van der Waals surface area contributed by atoms with Gasteiger partial charge in [0.25, 0.3) is 0 Å². The first-order valence-electron chi connectivity index (χ1n) is 7.35. The van der Waals surface area contributed by atoms with E-state index >= 15 is 0 Å². The molecule has 0 saturated carbocycles. The highest BCUT2D eigenvalue weighted by atomic mass is 16.4. The van der Waals surface area contributed by atoms with Gasteiger partial charge in [-0.1, -0.05) is 36.4 Å². The molecule has 0 spiro atoms. The summed E-state index contributed by atoms with van der Waals surface area (Å²) in [5, 5.41) is 11.8. The highest BCUT2D eigenvalue weighted by Crippen LogP contribution is 2.36. The van der Waals surface area contributed by atoms with Gasteiger partial charge in [-0.25, -0.2) is 9.59 Å². The Kier molecular flexibility index (Phi) is 3.56. The van der Waals surface area contributed by atoms with E-state index < -0.39 is 12.0 Å². The molecule has 1 aliphatic heterocycles. The van der Waals surface area contributed by atoms with E-state index in [1.165, 1.54) is 9.80 Å². The molecule has 0 radical (unpaired) electrons. The Morgan fingerprint density at radius 3 is 2.39 bits per heavy atom. The van der Waals surface area contributed by atoms with E-state index in [4.69, 9.17) is 0 Å². The van der Waals surface area contributed by atoms with Crippen molar-refractivity contribution in [1.82, 2.24) is 9.80 Å². The van der Waals surface area contributed by atoms with Crippen LogP contribution >= 0.6 is 0 Å². The van der Waals surface area contributed by atoms with E-state index in [0.717, 1.165) is 16.3 Å². The third-order valence-electron chi connectivity index (χ3n) is 4.46. The molecule has 1 aliphatic rings. The highest BCUT2D eigenvalue weighted by molar-refractivity contribution is 5.94. The molecule has 2 aromatic carbocycles. The van der Waals surface area contributed by atoms with Crippen LogP contribution < -0.4 is 0 Å². The number of carboxylic acids is 1. The van der Waals surface area contributed by atoms with Crippen LogP contribution in [-0.2, 0) is 4.79 Å². The Morgan fingerprint density at radius 2 is 1.74 bits per heavy atom. The first kappa shape index (κ1) is 15.1. The lowest BCUT2D eigenvalue weighted by Gasteiger charge is -2.39.